The van der Waals surface area contributed by atoms with Gasteiger partial charge in [0.25, 0.3) is 0 Å². The summed E-state index contributed by atoms with van der Waals surface area (Å²) in [6, 6.07) is 0. The maximum atomic E-state index is 4.60. The highest BCUT2D eigenvalue weighted by Gasteiger charge is 2.16. The van der Waals surface area contributed by atoms with Gasteiger partial charge in [-0.3, -0.25) is 0 Å². The van der Waals surface area contributed by atoms with E-state index in [0.717, 1.165) is 30.5 Å². The molecule has 0 amide bonds. The first-order valence-corrected chi connectivity index (χ1v) is 9.14. The molecular weight excluding hydrogens is 334 g/mol. The third-order valence-electron chi connectivity index (χ3n) is 3.10. The van der Waals surface area contributed by atoms with E-state index in [1.54, 1.807) is 29.2 Å². The van der Waals surface area contributed by atoms with E-state index in [2.05, 4.69) is 45.9 Å². The second-order valence-corrected chi connectivity index (χ2v) is 8.10. The van der Waals surface area contributed by atoms with Gasteiger partial charge in [0.2, 0.25) is 5.13 Å². The Bertz CT molecular complexity index is 836. The van der Waals surface area contributed by atoms with Crippen LogP contribution in [-0.4, -0.2) is 26.7 Å². The molecule has 0 saturated heterocycles. The second-order valence-electron chi connectivity index (χ2n) is 4.68. The molecule has 5 nitrogen and oxygen atoms in total. The van der Waals surface area contributed by atoms with Gasteiger partial charge in [-0.05, 0) is 38.1 Å². The molecule has 0 saturated carbocycles. The van der Waals surface area contributed by atoms with E-state index in [0.29, 0.717) is 6.54 Å². The monoisotopic (exact) mass is 349 g/mol. The SMILES string of the molecule is C=CCNc1nnc(Sc2nc(C)nc3sc(C)c(C)c23)s1. The number of hydrogen-bond acceptors (Lipinski definition) is 8. The highest BCUT2D eigenvalue weighted by Crippen LogP contribution is 2.39. The van der Waals surface area contributed by atoms with Gasteiger partial charge in [-0.15, -0.1) is 28.1 Å². The van der Waals surface area contributed by atoms with Gasteiger partial charge in [-0.1, -0.05) is 17.4 Å². The van der Waals surface area contributed by atoms with Crippen molar-refractivity contribution in [1.29, 1.82) is 0 Å². The van der Waals surface area contributed by atoms with E-state index in [-0.39, 0.29) is 0 Å². The zero-order chi connectivity index (χ0) is 15.7. The molecule has 0 bridgehead atoms. The average Bonchev–Trinajstić information content (AvgIpc) is 3.02. The van der Waals surface area contributed by atoms with Crippen LogP contribution in [0.1, 0.15) is 16.3 Å². The van der Waals surface area contributed by atoms with Crippen LogP contribution in [0.2, 0.25) is 0 Å². The predicted octanol–water partition coefficient (Wildman–Crippen LogP) is 4.22. The summed E-state index contributed by atoms with van der Waals surface area (Å²) in [7, 11) is 0. The Balaban J connectivity index is 1.96. The molecule has 3 aromatic heterocycles. The fraction of sp³-hybridized carbons (Fsp3) is 0.286. The first kappa shape index (κ1) is 15.4. The first-order valence-electron chi connectivity index (χ1n) is 6.69. The number of aromatic nitrogens is 4. The van der Waals surface area contributed by atoms with Gasteiger partial charge in [0.1, 0.15) is 15.7 Å². The van der Waals surface area contributed by atoms with E-state index in [4.69, 9.17) is 0 Å². The summed E-state index contributed by atoms with van der Waals surface area (Å²) in [4.78, 5) is 11.5. The molecular formula is C14H15N5S3. The molecule has 0 aliphatic rings. The zero-order valence-electron chi connectivity index (χ0n) is 12.5. The number of anilines is 1. The molecule has 0 spiro atoms. The molecule has 3 heterocycles. The molecule has 3 aromatic rings. The van der Waals surface area contributed by atoms with E-state index in [1.165, 1.54) is 21.8 Å². The Kier molecular flexibility index (Phi) is 4.42. The van der Waals surface area contributed by atoms with Crippen molar-refractivity contribution in [3.8, 4) is 0 Å². The number of aryl methyl sites for hydroxylation is 3. The van der Waals surface area contributed by atoms with E-state index < -0.39 is 0 Å². The van der Waals surface area contributed by atoms with E-state index in [9.17, 15) is 0 Å². The average molecular weight is 350 g/mol. The molecule has 0 atom stereocenters. The lowest BCUT2D eigenvalue weighted by Gasteiger charge is -2.02. The van der Waals surface area contributed by atoms with Gasteiger partial charge in [0, 0.05) is 16.8 Å². The van der Waals surface area contributed by atoms with Crippen molar-refractivity contribution in [2.24, 2.45) is 0 Å². The van der Waals surface area contributed by atoms with E-state index >= 15 is 0 Å². The lowest BCUT2D eigenvalue weighted by Crippen LogP contribution is -1.96. The highest BCUT2D eigenvalue weighted by atomic mass is 32.2. The number of fused-ring (bicyclic) bond motifs is 1. The van der Waals surface area contributed by atoms with Gasteiger partial charge in [0.05, 0.1) is 0 Å². The summed E-state index contributed by atoms with van der Waals surface area (Å²) in [5.41, 5.74) is 1.25. The van der Waals surface area contributed by atoms with E-state index in [1.807, 2.05) is 6.92 Å². The molecule has 0 aliphatic heterocycles. The number of nitrogens with one attached hydrogen (secondary N) is 1. The molecule has 3 rings (SSSR count). The smallest absolute Gasteiger partial charge is 0.206 e. The maximum Gasteiger partial charge on any atom is 0.206 e. The van der Waals surface area contributed by atoms with Crippen LogP contribution in [0, 0.1) is 20.8 Å². The minimum absolute atomic E-state index is 0.680. The van der Waals surface area contributed by atoms with Gasteiger partial charge >= 0.3 is 0 Å². The van der Waals surface area contributed by atoms with Crippen LogP contribution in [0.4, 0.5) is 5.13 Å². The summed E-state index contributed by atoms with van der Waals surface area (Å²) in [5, 5.41) is 14.4. The standard InChI is InChI=1S/C14H15N5S3/c1-5-6-15-13-18-19-14(22-13)21-12-10-7(2)8(3)20-11(10)16-9(4)17-12/h5H,1,6H2,2-4H3,(H,15,18). The quantitative estimate of drug-likeness (QED) is 0.550. The molecule has 8 heteroatoms. The summed E-state index contributed by atoms with van der Waals surface area (Å²) < 4.78 is 0.870. The topological polar surface area (TPSA) is 63.6 Å². The Labute approximate surface area is 140 Å². The van der Waals surface area contributed by atoms with Gasteiger partial charge in [0.15, 0.2) is 4.34 Å². The Morgan fingerprint density at radius 3 is 2.77 bits per heavy atom. The Hall–Kier alpha value is -1.51. The largest absolute Gasteiger partial charge is 0.357 e. The lowest BCUT2D eigenvalue weighted by atomic mass is 10.2. The van der Waals surface area contributed by atoms with Crippen molar-refractivity contribution in [1.82, 2.24) is 20.2 Å². The maximum absolute atomic E-state index is 4.60. The number of thiophene rings is 1. The summed E-state index contributed by atoms with van der Waals surface area (Å²) in [6.45, 7) is 10.5. The van der Waals surface area contributed by atoms with Crippen molar-refractivity contribution in [3.63, 3.8) is 0 Å². The van der Waals surface area contributed by atoms with Gasteiger partial charge in [-0.25, -0.2) is 9.97 Å². The molecule has 0 fully saturated rings. The first-order chi connectivity index (χ1) is 10.6. The molecule has 1 N–H and O–H groups in total. The van der Waals surface area contributed by atoms with Crippen molar-refractivity contribution in [2.45, 2.75) is 30.1 Å². The highest BCUT2D eigenvalue weighted by molar-refractivity contribution is 8.01. The summed E-state index contributed by atoms with van der Waals surface area (Å²) in [6.07, 6.45) is 1.79. The zero-order valence-corrected chi connectivity index (χ0v) is 15.0. The van der Waals surface area contributed by atoms with Crippen LogP contribution in [0.15, 0.2) is 22.0 Å². The van der Waals surface area contributed by atoms with Crippen molar-refractivity contribution < 1.29 is 0 Å². The third-order valence-corrected chi connectivity index (χ3v) is 6.12. The van der Waals surface area contributed by atoms with Crippen LogP contribution in [-0.2, 0) is 0 Å². The molecule has 0 radical (unpaired) electrons. The summed E-state index contributed by atoms with van der Waals surface area (Å²) >= 11 is 4.78. The van der Waals surface area contributed by atoms with Crippen LogP contribution in [0.25, 0.3) is 10.2 Å². The fourth-order valence-corrected chi connectivity index (χ4v) is 4.99. The number of rotatable bonds is 5. The van der Waals surface area contributed by atoms with Crippen molar-refractivity contribution in [2.75, 3.05) is 11.9 Å². The molecule has 22 heavy (non-hydrogen) atoms. The van der Waals surface area contributed by atoms with Crippen LogP contribution < -0.4 is 5.32 Å². The summed E-state index contributed by atoms with van der Waals surface area (Å²) in [5.74, 6) is 0.783. The van der Waals surface area contributed by atoms with Crippen LogP contribution >= 0.6 is 34.4 Å². The normalized spacial score (nSPS) is 11.0. The van der Waals surface area contributed by atoms with Gasteiger partial charge < -0.3 is 5.32 Å². The lowest BCUT2D eigenvalue weighted by molar-refractivity contribution is 0.989. The van der Waals surface area contributed by atoms with Crippen molar-refractivity contribution >= 4 is 49.8 Å². The predicted molar refractivity (Wildman–Crippen MR) is 94.3 cm³/mol. The Morgan fingerprint density at radius 2 is 2.00 bits per heavy atom. The van der Waals surface area contributed by atoms with Crippen molar-refractivity contribution in [3.05, 3.63) is 28.9 Å². The second kappa shape index (κ2) is 6.31. The Morgan fingerprint density at radius 1 is 1.18 bits per heavy atom. The third kappa shape index (κ3) is 2.99. The fourth-order valence-electron chi connectivity index (χ4n) is 1.95. The molecule has 0 aliphatic carbocycles. The van der Waals surface area contributed by atoms with Crippen LogP contribution in [0.3, 0.4) is 0 Å². The van der Waals surface area contributed by atoms with Crippen LogP contribution in [0.5, 0.6) is 0 Å². The number of hydrogen-bond donors (Lipinski definition) is 1. The molecule has 114 valence electrons. The minimum atomic E-state index is 0.680. The minimum Gasteiger partial charge on any atom is -0.357 e. The van der Waals surface area contributed by atoms with Gasteiger partial charge in [-0.2, -0.15) is 0 Å². The molecule has 0 unspecified atom stereocenters. The number of nitrogens with zero attached hydrogens (tertiary/aromatic N) is 4. The molecule has 0 aromatic carbocycles.